The van der Waals surface area contributed by atoms with Crippen LogP contribution < -0.4 is 11.1 Å². The summed E-state index contributed by atoms with van der Waals surface area (Å²) in [6.45, 7) is 0. The van der Waals surface area contributed by atoms with Gasteiger partial charge >= 0.3 is 0 Å². The van der Waals surface area contributed by atoms with Gasteiger partial charge in [0.15, 0.2) is 0 Å². The SMILES string of the molecule is N[C@@H]1CCCC[C@H]1NC(=O)c1ccc(F)c(Cl)c1. The Hall–Kier alpha value is -1.13. The second-order valence-corrected chi connectivity index (χ2v) is 5.06. The molecule has 1 aliphatic rings. The summed E-state index contributed by atoms with van der Waals surface area (Å²) in [6.07, 6.45) is 4.00. The van der Waals surface area contributed by atoms with Crippen molar-refractivity contribution in [2.45, 2.75) is 37.8 Å². The Bertz CT molecular complexity index is 453. The molecule has 5 heteroatoms. The summed E-state index contributed by atoms with van der Waals surface area (Å²) in [7, 11) is 0. The highest BCUT2D eigenvalue weighted by Crippen LogP contribution is 2.19. The third-order valence-corrected chi connectivity index (χ3v) is 3.61. The third kappa shape index (κ3) is 3.00. The Morgan fingerprint density at radius 3 is 2.78 bits per heavy atom. The molecule has 1 amide bonds. The van der Waals surface area contributed by atoms with Gasteiger partial charge in [-0.1, -0.05) is 24.4 Å². The molecule has 0 heterocycles. The lowest BCUT2D eigenvalue weighted by Gasteiger charge is -2.29. The van der Waals surface area contributed by atoms with E-state index in [0.29, 0.717) is 5.56 Å². The molecule has 0 saturated heterocycles. The van der Waals surface area contributed by atoms with Gasteiger partial charge in [-0.2, -0.15) is 0 Å². The van der Waals surface area contributed by atoms with Crippen LogP contribution in [0.2, 0.25) is 5.02 Å². The molecule has 18 heavy (non-hydrogen) atoms. The highest BCUT2D eigenvalue weighted by molar-refractivity contribution is 6.31. The first kappa shape index (κ1) is 13.3. The van der Waals surface area contributed by atoms with Crippen LogP contribution in [0.4, 0.5) is 4.39 Å². The predicted octanol–water partition coefficient (Wildman–Crippen LogP) is 2.48. The largest absolute Gasteiger partial charge is 0.348 e. The summed E-state index contributed by atoms with van der Waals surface area (Å²) in [5.74, 6) is -0.776. The number of nitrogens with one attached hydrogen (secondary N) is 1. The molecule has 1 aromatic carbocycles. The minimum absolute atomic E-state index is 0.00128. The fourth-order valence-corrected chi connectivity index (χ4v) is 2.41. The van der Waals surface area contributed by atoms with Gasteiger partial charge < -0.3 is 11.1 Å². The zero-order chi connectivity index (χ0) is 13.1. The summed E-state index contributed by atoms with van der Waals surface area (Å²) in [5.41, 5.74) is 6.32. The van der Waals surface area contributed by atoms with Crippen LogP contribution in [0.1, 0.15) is 36.0 Å². The molecule has 0 spiro atoms. The van der Waals surface area contributed by atoms with E-state index in [-0.39, 0.29) is 23.0 Å². The number of amides is 1. The molecule has 2 rings (SSSR count). The van der Waals surface area contributed by atoms with Gasteiger partial charge in [0, 0.05) is 17.6 Å². The minimum atomic E-state index is -0.525. The first-order valence-corrected chi connectivity index (χ1v) is 6.47. The van der Waals surface area contributed by atoms with E-state index in [4.69, 9.17) is 17.3 Å². The van der Waals surface area contributed by atoms with E-state index in [2.05, 4.69) is 5.32 Å². The van der Waals surface area contributed by atoms with Crippen LogP contribution >= 0.6 is 11.6 Å². The van der Waals surface area contributed by atoms with Crippen LogP contribution in [0.15, 0.2) is 18.2 Å². The zero-order valence-corrected chi connectivity index (χ0v) is 10.7. The first-order valence-electron chi connectivity index (χ1n) is 6.09. The lowest BCUT2D eigenvalue weighted by atomic mass is 9.91. The van der Waals surface area contributed by atoms with Crippen molar-refractivity contribution in [3.8, 4) is 0 Å². The monoisotopic (exact) mass is 270 g/mol. The summed E-state index contributed by atoms with van der Waals surface area (Å²) in [4.78, 5) is 12.0. The molecule has 1 saturated carbocycles. The predicted molar refractivity (Wildman–Crippen MR) is 69.1 cm³/mol. The molecule has 1 fully saturated rings. The molecule has 1 aliphatic carbocycles. The molecule has 1 aromatic rings. The van der Waals surface area contributed by atoms with Gasteiger partial charge in [-0.05, 0) is 31.0 Å². The summed E-state index contributed by atoms with van der Waals surface area (Å²) >= 11 is 5.65. The van der Waals surface area contributed by atoms with Gasteiger partial charge in [0.05, 0.1) is 5.02 Å². The van der Waals surface area contributed by atoms with Gasteiger partial charge in [0.25, 0.3) is 5.91 Å². The number of carbonyl (C=O) groups is 1. The van der Waals surface area contributed by atoms with Gasteiger partial charge in [0.1, 0.15) is 5.82 Å². The van der Waals surface area contributed by atoms with E-state index in [1.165, 1.54) is 18.2 Å². The van der Waals surface area contributed by atoms with Crippen molar-refractivity contribution < 1.29 is 9.18 Å². The topological polar surface area (TPSA) is 55.1 Å². The Balaban J connectivity index is 2.04. The maximum absolute atomic E-state index is 13.0. The van der Waals surface area contributed by atoms with Crippen LogP contribution in [0.25, 0.3) is 0 Å². The van der Waals surface area contributed by atoms with Gasteiger partial charge in [-0.3, -0.25) is 4.79 Å². The molecular weight excluding hydrogens is 255 g/mol. The van der Waals surface area contributed by atoms with Crippen LogP contribution in [0.5, 0.6) is 0 Å². The van der Waals surface area contributed by atoms with Crippen molar-refractivity contribution in [3.05, 3.63) is 34.6 Å². The highest BCUT2D eigenvalue weighted by Gasteiger charge is 2.23. The van der Waals surface area contributed by atoms with Crippen molar-refractivity contribution in [3.63, 3.8) is 0 Å². The number of hydrogen-bond acceptors (Lipinski definition) is 2. The first-order chi connectivity index (χ1) is 8.58. The lowest BCUT2D eigenvalue weighted by molar-refractivity contribution is 0.0921. The van der Waals surface area contributed by atoms with E-state index in [1.54, 1.807) is 0 Å². The summed E-state index contributed by atoms with van der Waals surface area (Å²) < 4.78 is 13.0. The molecule has 0 bridgehead atoms. The fourth-order valence-electron chi connectivity index (χ4n) is 2.23. The molecule has 3 N–H and O–H groups in total. The second kappa shape index (κ2) is 5.67. The Morgan fingerprint density at radius 2 is 2.11 bits per heavy atom. The van der Waals surface area contributed by atoms with E-state index < -0.39 is 5.82 Å². The second-order valence-electron chi connectivity index (χ2n) is 4.66. The number of hydrogen-bond donors (Lipinski definition) is 2. The molecular formula is C13H16ClFN2O. The standard InChI is InChI=1S/C13H16ClFN2O/c14-9-7-8(5-6-10(9)15)13(18)17-12-4-2-1-3-11(12)16/h5-7,11-12H,1-4,16H2,(H,17,18)/t11-,12-/m1/s1. The van der Waals surface area contributed by atoms with Crippen molar-refractivity contribution in [2.24, 2.45) is 5.73 Å². The van der Waals surface area contributed by atoms with Crippen LogP contribution in [-0.2, 0) is 0 Å². The van der Waals surface area contributed by atoms with E-state index >= 15 is 0 Å². The van der Waals surface area contributed by atoms with Crippen LogP contribution in [0.3, 0.4) is 0 Å². The third-order valence-electron chi connectivity index (χ3n) is 3.32. The Labute approximate surface area is 111 Å². The van der Waals surface area contributed by atoms with Crippen molar-refractivity contribution >= 4 is 17.5 Å². The van der Waals surface area contributed by atoms with Gasteiger partial charge in [-0.25, -0.2) is 4.39 Å². The number of nitrogens with two attached hydrogens (primary N) is 1. The minimum Gasteiger partial charge on any atom is -0.348 e. The van der Waals surface area contributed by atoms with E-state index in [9.17, 15) is 9.18 Å². The normalized spacial score (nSPS) is 23.7. The average Bonchev–Trinajstić information content (AvgIpc) is 2.35. The van der Waals surface area contributed by atoms with Gasteiger partial charge in [0.2, 0.25) is 0 Å². The molecule has 0 aromatic heterocycles. The van der Waals surface area contributed by atoms with Crippen molar-refractivity contribution in [1.29, 1.82) is 0 Å². The van der Waals surface area contributed by atoms with Gasteiger partial charge in [-0.15, -0.1) is 0 Å². The molecule has 2 atom stereocenters. The fraction of sp³-hybridized carbons (Fsp3) is 0.462. The maximum atomic E-state index is 13.0. The van der Waals surface area contributed by atoms with Crippen LogP contribution in [-0.4, -0.2) is 18.0 Å². The average molecular weight is 271 g/mol. The van der Waals surface area contributed by atoms with Crippen LogP contribution in [0, 0.1) is 5.82 Å². The van der Waals surface area contributed by atoms with E-state index in [1.807, 2.05) is 0 Å². The molecule has 0 aliphatic heterocycles. The summed E-state index contributed by atoms with van der Waals surface area (Å²) in [5, 5.41) is 2.84. The number of rotatable bonds is 2. The number of carbonyl (C=O) groups excluding carboxylic acids is 1. The van der Waals surface area contributed by atoms with Crippen molar-refractivity contribution in [2.75, 3.05) is 0 Å². The molecule has 3 nitrogen and oxygen atoms in total. The number of halogens is 2. The van der Waals surface area contributed by atoms with Crippen molar-refractivity contribution in [1.82, 2.24) is 5.32 Å². The smallest absolute Gasteiger partial charge is 0.251 e. The van der Waals surface area contributed by atoms with E-state index in [0.717, 1.165) is 25.7 Å². The zero-order valence-electron chi connectivity index (χ0n) is 9.96. The molecule has 98 valence electrons. The number of benzene rings is 1. The quantitative estimate of drug-likeness (QED) is 0.867. The Kier molecular flexibility index (Phi) is 4.19. The summed E-state index contributed by atoms with van der Waals surface area (Å²) in [6, 6.07) is 3.94. The molecule has 0 radical (unpaired) electrons. The Morgan fingerprint density at radius 1 is 1.39 bits per heavy atom. The highest BCUT2D eigenvalue weighted by atomic mass is 35.5. The molecule has 0 unspecified atom stereocenters. The lowest BCUT2D eigenvalue weighted by Crippen LogP contribution is -2.49. The maximum Gasteiger partial charge on any atom is 0.251 e.